The van der Waals surface area contributed by atoms with Gasteiger partial charge in [-0.05, 0) is 106 Å². The van der Waals surface area contributed by atoms with Crippen LogP contribution in [0.4, 0.5) is 0 Å². The molecule has 240 valence electrons. The molecule has 2 aromatic heterocycles. The van der Waals surface area contributed by atoms with Crippen LogP contribution >= 0.6 is 0 Å². The van der Waals surface area contributed by atoms with E-state index in [0.717, 1.165) is 22.3 Å². The number of aromatic nitrogens is 2. The lowest BCUT2D eigenvalue weighted by Crippen LogP contribution is -1.95. The summed E-state index contributed by atoms with van der Waals surface area (Å²) in [5.74, 6) is 0. The van der Waals surface area contributed by atoms with Gasteiger partial charge in [-0.2, -0.15) is 0 Å². The van der Waals surface area contributed by atoms with Crippen LogP contribution in [0.3, 0.4) is 0 Å². The molecule has 0 aliphatic carbocycles. The molecule has 2 nitrogen and oxygen atoms in total. The van der Waals surface area contributed by atoms with Crippen LogP contribution in [0.5, 0.6) is 0 Å². The van der Waals surface area contributed by atoms with Gasteiger partial charge in [0.1, 0.15) is 0 Å². The average molecular weight is 664 g/mol. The Labute approximate surface area is 315 Å². The summed E-state index contributed by atoms with van der Waals surface area (Å²) in [6.07, 6.45) is 0. The molecule has 0 aliphatic rings. The molecule has 10 rings (SSSR count). The smallest absolute Gasteiger partial charge is 0.0648 e. The first kappa shape index (κ1) is 18.9. The average Bonchev–Trinajstić information content (AvgIpc) is 3.88. The van der Waals surface area contributed by atoms with Crippen LogP contribution in [0, 0.1) is 6.92 Å². The van der Waals surface area contributed by atoms with Crippen molar-refractivity contribution < 1.29 is 17.8 Å². The van der Waals surface area contributed by atoms with Gasteiger partial charge in [-0.1, -0.05) is 127 Å². The van der Waals surface area contributed by atoms with Crippen LogP contribution in [0.1, 0.15) is 23.4 Å². The Bertz CT molecular complexity index is 3410. The largest absolute Gasteiger partial charge is 0.309 e. The topological polar surface area (TPSA) is 9.86 Å². The predicted molar refractivity (Wildman–Crippen MR) is 216 cm³/mol. The van der Waals surface area contributed by atoms with E-state index >= 15 is 0 Å². The van der Waals surface area contributed by atoms with E-state index in [9.17, 15) is 11.0 Å². The Morgan fingerprint density at radius 3 is 1.45 bits per heavy atom. The number of para-hydroxylation sites is 1. The van der Waals surface area contributed by atoms with E-state index in [1.54, 1.807) is 41.8 Å². The zero-order chi connectivity index (χ0) is 45.2. The highest BCUT2D eigenvalue weighted by Gasteiger charge is 2.17. The van der Waals surface area contributed by atoms with Crippen LogP contribution in [-0.2, 0) is 0 Å². The predicted octanol–water partition coefficient (Wildman–Crippen LogP) is 13.2. The lowest BCUT2D eigenvalue weighted by atomic mass is 10.0. The van der Waals surface area contributed by atoms with E-state index in [2.05, 4.69) is 0 Å². The Kier molecular flexibility index (Phi) is 4.36. The zero-order valence-corrected chi connectivity index (χ0v) is 27.3. The van der Waals surface area contributed by atoms with Crippen LogP contribution in [-0.4, -0.2) is 9.13 Å². The zero-order valence-electron chi connectivity index (χ0n) is 40.3. The third kappa shape index (κ3) is 4.87. The highest BCUT2D eigenvalue weighted by atomic mass is 15.0. The summed E-state index contributed by atoms with van der Waals surface area (Å²) in [5, 5.41) is -0.231. The normalized spacial score (nSPS) is 15.2. The van der Waals surface area contributed by atoms with Gasteiger partial charge in [-0.25, -0.2) is 0 Å². The Hall–Kier alpha value is -6.64. The highest BCUT2D eigenvalue weighted by Crippen LogP contribution is 2.39. The summed E-state index contributed by atoms with van der Waals surface area (Å²) >= 11 is 0. The van der Waals surface area contributed by atoms with Gasteiger partial charge in [0.25, 0.3) is 0 Å². The van der Waals surface area contributed by atoms with Crippen molar-refractivity contribution in [1.29, 1.82) is 0 Å². The summed E-state index contributed by atoms with van der Waals surface area (Å²) in [6, 6.07) is 27.8. The third-order valence-corrected chi connectivity index (χ3v) is 9.24. The van der Waals surface area contributed by atoms with Gasteiger partial charge in [-0.15, -0.1) is 0 Å². The first-order valence-electron chi connectivity index (χ1n) is 23.1. The van der Waals surface area contributed by atoms with Gasteiger partial charge in [0, 0.05) is 32.9 Å². The fraction of sp³-hybridized carbons (Fsp3) is 0.0204. The third-order valence-electron chi connectivity index (χ3n) is 9.24. The van der Waals surface area contributed by atoms with Crippen molar-refractivity contribution in [3.8, 4) is 44.8 Å². The minimum absolute atomic E-state index is 0.00900. The molecule has 0 saturated carbocycles. The summed E-state index contributed by atoms with van der Waals surface area (Å²) in [5.41, 5.74) is 3.73. The molecule has 0 aliphatic heterocycles. The maximum absolute atomic E-state index is 9.88. The van der Waals surface area contributed by atoms with Gasteiger partial charge in [0.15, 0.2) is 0 Å². The van der Waals surface area contributed by atoms with Crippen molar-refractivity contribution >= 4 is 43.6 Å². The highest BCUT2D eigenvalue weighted by molar-refractivity contribution is 6.13. The van der Waals surface area contributed by atoms with Crippen molar-refractivity contribution in [1.82, 2.24) is 9.13 Å². The quantitative estimate of drug-likeness (QED) is 0.173. The molecule has 0 radical (unpaired) electrons. The standard InChI is InChI=1S/C49H34N2/c1-33-22-25-43-45-32-39(24-27-48(45)51(49(43)28-33)41-19-11-17-37(30-41)35-14-6-3-7-15-35)38-23-26-47-44(31-38)42-20-8-9-21-46(42)50(47)40-18-10-16-36(29-40)34-12-4-2-5-13-34/h2-32H,1H3/i8D,9D,20D,21D,22D,23D,24D,25D,26D,27D,28D,31D,32D. The molecule has 8 aromatic carbocycles. The molecule has 0 fully saturated rings. The fourth-order valence-corrected chi connectivity index (χ4v) is 6.89. The Morgan fingerprint density at radius 2 is 0.863 bits per heavy atom. The van der Waals surface area contributed by atoms with Gasteiger partial charge >= 0.3 is 0 Å². The lowest BCUT2D eigenvalue weighted by molar-refractivity contribution is 1.18. The molecule has 0 spiro atoms. The van der Waals surface area contributed by atoms with E-state index in [4.69, 9.17) is 6.85 Å². The molecule has 0 atom stereocenters. The maximum atomic E-state index is 9.88. The minimum Gasteiger partial charge on any atom is -0.309 e. The van der Waals surface area contributed by atoms with Crippen molar-refractivity contribution in [2.45, 2.75) is 6.92 Å². The van der Waals surface area contributed by atoms with Gasteiger partial charge in [0.2, 0.25) is 0 Å². The van der Waals surface area contributed by atoms with Crippen LogP contribution in [0.15, 0.2) is 188 Å². The molecule has 51 heavy (non-hydrogen) atoms. The van der Waals surface area contributed by atoms with Crippen molar-refractivity contribution in [3.05, 3.63) is 193 Å². The number of hydrogen-bond donors (Lipinski definition) is 0. The number of fused-ring (bicyclic) bond motifs is 6. The van der Waals surface area contributed by atoms with Crippen LogP contribution < -0.4 is 0 Å². The molecule has 0 saturated heterocycles. The lowest BCUT2D eigenvalue weighted by Gasteiger charge is -2.11. The molecule has 0 unspecified atom stereocenters. The van der Waals surface area contributed by atoms with Crippen molar-refractivity contribution in [3.63, 3.8) is 0 Å². The molecular formula is C49H34N2. The molecular weight excluding hydrogens is 617 g/mol. The Morgan fingerprint density at radius 1 is 0.373 bits per heavy atom. The van der Waals surface area contributed by atoms with E-state index in [1.165, 1.54) is 4.57 Å². The van der Waals surface area contributed by atoms with E-state index < -0.39 is 60.4 Å². The van der Waals surface area contributed by atoms with E-state index in [-0.39, 0.29) is 78.4 Å². The summed E-state index contributed by atoms with van der Waals surface area (Å²) in [6.45, 7) is 1.56. The molecule has 10 aromatic rings. The van der Waals surface area contributed by atoms with Gasteiger partial charge in [0.05, 0.1) is 39.9 Å². The molecule has 0 amide bonds. The SMILES string of the molecule is [2H]c1c([2H])c([2H])c2c(c1[2H])c1c([2H])c(-c3c([2H])c([2H])c4c(c3[2H])c3c([2H])c([2H])c(C)c([2H])c3n4-c3cccc(-c4ccccc4)c3)c([2H])c([2H])c1n2-c1cccc(-c2ccccc2)c1. The van der Waals surface area contributed by atoms with Crippen LogP contribution in [0.2, 0.25) is 0 Å². The fourth-order valence-electron chi connectivity index (χ4n) is 6.89. The van der Waals surface area contributed by atoms with Gasteiger partial charge < -0.3 is 9.13 Å². The molecule has 0 bridgehead atoms. The molecule has 0 N–H and O–H groups in total. The molecule has 2 heterocycles. The molecule has 2 heteroatoms. The van der Waals surface area contributed by atoms with E-state index in [0.29, 0.717) is 11.4 Å². The van der Waals surface area contributed by atoms with Gasteiger partial charge in [-0.3, -0.25) is 0 Å². The van der Waals surface area contributed by atoms with Crippen molar-refractivity contribution in [2.75, 3.05) is 0 Å². The summed E-state index contributed by atoms with van der Waals surface area (Å²) < 4.78 is 124. The monoisotopic (exact) mass is 663 g/mol. The second-order valence-corrected chi connectivity index (χ2v) is 12.4. The second kappa shape index (κ2) is 11.8. The summed E-state index contributed by atoms with van der Waals surface area (Å²) in [7, 11) is 0. The summed E-state index contributed by atoms with van der Waals surface area (Å²) in [4.78, 5) is 0. The first-order valence-corrected chi connectivity index (χ1v) is 16.6. The second-order valence-electron chi connectivity index (χ2n) is 12.4. The maximum Gasteiger partial charge on any atom is 0.0648 e. The van der Waals surface area contributed by atoms with E-state index in [1.807, 2.05) is 78.9 Å². The number of hydrogen-bond acceptors (Lipinski definition) is 0. The number of benzene rings is 8. The Balaban J connectivity index is 1.34. The first-order chi connectivity index (χ1) is 30.6. The van der Waals surface area contributed by atoms with Crippen molar-refractivity contribution in [2.24, 2.45) is 0 Å². The number of rotatable bonds is 5. The number of nitrogens with zero attached hydrogens (tertiary/aromatic N) is 2. The van der Waals surface area contributed by atoms with Crippen LogP contribution in [0.25, 0.3) is 88.4 Å². The minimum atomic E-state index is -0.583.